The zero-order valence-corrected chi connectivity index (χ0v) is 7.59. The van der Waals surface area contributed by atoms with Crippen LogP contribution < -0.4 is 0 Å². The number of alkyl halides is 2. The standard InChI is InChI=1S/C9H13F2NO/c1-2-8(13)4-3-5-12-6-9(10,11)7-12/h3-4H,2,5-7H2,1H3/b4-3+. The van der Waals surface area contributed by atoms with Gasteiger partial charge >= 0.3 is 0 Å². The van der Waals surface area contributed by atoms with Gasteiger partial charge in [0.2, 0.25) is 0 Å². The minimum Gasteiger partial charge on any atom is -0.295 e. The second kappa shape index (κ2) is 3.96. The highest BCUT2D eigenvalue weighted by atomic mass is 19.3. The smallest absolute Gasteiger partial charge is 0.272 e. The van der Waals surface area contributed by atoms with Gasteiger partial charge in [0.1, 0.15) is 0 Å². The van der Waals surface area contributed by atoms with Gasteiger partial charge in [-0.1, -0.05) is 13.0 Å². The van der Waals surface area contributed by atoms with Crippen molar-refractivity contribution in [3.05, 3.63) is 12.2 Å². The molecule has 0 spiro atoms. The van der Waals surface area contributed by atoms with E-state index in [0.29, 0.717) is 13.0 Å². The topological polar surface area (TPSA) is 20.3 Å². The molecule has 0 atom stereocenters. The number of halogens is 2. The van der Waals surface area contributed by atoms with Crippen molar-refractivity contribution in [1.29, 1.82) is 0 Å². The van der Waals surface area contributed by atoms with Crippen LogP contribution >= 0.6 is 0 Å². The molecule has 0 aromatic heterocycles. The Bertz CT molecular complexity index is 218. The maximum atomic E-state index is 12.3. The van der Waals surface area contributed by atoms with Gasteiger partial charge in [0, 0.05) is 13.0 Å². The lowest BCUT2D eigenvalue weighted by Gasteiger charge is -2.37. The third-order valence-corrected chi connectivity index (χ3v) is 1.93. The average Bonchev–Trinajstić information content (AvgIpc) is 2.00. The Hall–Kier alpha value is -0.770. The summed E-state index contributed by atoms with van der Waals surface area (Å²) in [5.74, 6) is -2.48. The first-order valence-corrected chi connectivity index (χ1v) is 4.33. The molecule has 1 aliphatic rings. The van der Waals surface area contributed by atoms with Crippen LogP contribution in [0, 0.1) is 0 Å². The van der Waals surface area contributed by atoms with E-state index in [1.807, 2.05) is 0 Å². The molecule has 0 radical (unpaired) electrons. The second-order valence-corrected chi connectivity index (χ2v) is 3.25. The van der Waals surface area contributed by atoms with E-state index in [-0.39, 0.29) is 18.9 Å². The molecule has 0 aromatic carbocycles. The van der Waals surface area contributed by atoms with Crippen LogP contribution in [-0.4, -0.2) is 36.2 Å². The van der Waals surface area contributed by atoms with Crippen molar-refractivity contribution in [1.82, 2.24) is 4.90 Å². The van der Waals surface area contributed by atoms with Crippen molar-refractivity contribution in [3.8, 4) is 0 Å². The van der Waals surface area contributed by atoms with Gasteiger partial charge < -0.3 is 0 Å². The molecule has 4 heteroatoms. The normalized spacial score (nSPS) is 21.8. The first-order valence-electron chi connectivity index (χ1n) is 4.33. The predicted octanol–water partition coefficient (Wildman–Crippen LogP) is 1.47. The Morgan fingerprint density at radius 2 is 2.15 bits per heavy atom. The van der Waals surface area contributed by atoms with Crippen molar-refractivity contribution in [3.63, 3.8) is 0 Å². The van der Waals surface area contributed by atoms with Gasteiger partial charge in [0.25, 0.3) is 5.92 Å². The van der Waals surface area contributed by atoms with Crippen LogP contribution in [-0.2, 0) is 4.79 Å². The molecule has 0 amide bonds. The van der Waals surface area contributed by atoms with Crippen molar-refractivity contribution in [2.45, 2.75) is 19.3 Å². The highest BCUT2D eigenvalue weighted by molar-refractivity contribution is 5.89. The molecule has 0 N–H and O–H groups in total. The van der Waals surface area contributed by atoms with E-state index in [0.717, 1.165) is 0 Å². The lowest BCUT2D eigenvalue weighted by atomic mass is 10.1. The largest absolute Gasteiger partial charge is 0.295 e. The van der Waals surface area contributed by atoms with Gasteiger partial charge in [-0.2, -0.15) is 0 Å². The number of likely N-dealkylation sites (tertiary alicyclic amines) is 1. The SMILES string of the molecule is CCC(=O)/C=C/CN1CC(F)(F)C1. The minimum atomic E-state index is -2.51. The lowest BCUT2D eigenvalue weighted by Crippen LogP contribution is -2.55. The molecule has 74 valence electrons. The molecule has 0 saturated carbocycles. The summed E-state index contributed by atoms with van der Waals surface area (Å²) in [7, 11) is 0. The Balaban J connectivity index is 2.15. The first-order chi connectivity index (χ1) is 6.03. The predicted molar refractivity (Wildman–Crippen MR) is 45.8 cm³/mol. The fourth-order valence-corrected chi connectivity index (χ4v) is 1.19. The molecule has 0 bridgehead atoms. The molecule has 1 fully saturated rings. The molecule has 1 saturated heterocycles. The summed E-state index contributed by atoms with van der Waals surface area (Å²) in [5, 5.41) is 0. The summed E-state index contributed by atoms with van der Waals surface area (Å²) in [6.45, 7) is 1.85. The molecular formula is C9H13F2NO. The van der Waals surface area contributed by atoms with Crippen molar-refractivity contribution in [2.75, 3.05) is 19.6 Å². The van der Waals surface area contributed by atoms with Gasteiger partial charge in [-0.15, -0.1) is 0 Å². The van der Waals surface area contributed by atoms with E-state index in [4.69, 9.17) is 0 Å². The summed E-state index contributed by atoms with van der Waals surface area (Å²) < 4.78 is 24.6. The number of carbonyl (C=O) groups is 1. The van der Waals surface area contributed by atoms with Crippen molar-refractivity contribution >= 4 is 5.78 Å². The lowest BCUT2D eigenvalue weighted by molar-refractivity contribution is -0.125. The monoisotopic (exact) mass is 189 g/mol. The Morgan fingerprint density at radius 3 is 2.62 bits per heavy atom. The second-order valence-electron chi connectivity index (χ2n) is 3.25. The van der Waals surface area contributed by atoms with Crippen molar-refractivity contribution < 1.29 is 13.6 Å². The third kappa shape index (κ3) is 3.22. The number of rotatable bonds is 4. The number of allylic oxidation sites excluding steroid dienone is 1. The van der Waals surface area contributed by atoms with E-state index in [1.165, 1.54) is 6.08 Å². The minimum absolute atomic E-state index is 0.0345. The maximum absolute atomic E-state index is 12.3. The van der Waals surface area contributed by atoms with Crippen LogP contribution in [0.3, 0.4) is 0 Å². The molecule has 13 heavy (non-hydrogen) atoms. The first kappa shape index (κ1) is 10.3. The summed E-state index contributed by atoms with van der Waals surface area (Å²) in [6.07, 6.45) is 3.56. The molecule has 1 heterocycles. The molecule has 1 rings (SSSR count). The molecule has 1 aliphatic heterocycles. The van der Waals surface area contributed by atoms with E-state index in [1.54, 1.807) is 17.9 Å². The van der Waals surface area contributed by atoms with Crippen LogP contribution in [0.5, 0.6) is 0 Å². The molecular weight excluding hydrogens is 176 g/mol. The van der Waals surface area contributed by atoms with Crippen LogP contribution in [0.4, 0.5) is 8.78 Å². The summed E-state index contributed by atoms with van der Waals surface area (Å²) in [5.41, 5.74) is 0. The third-order valence-electron chi connectivity index (χ3n) is 1.93. The summed E-state index contributed by atoms with van der Waals surface area (Å²) in [4.78, 5) is 12.4. The van der Waals surface area contributed by atoms with Crippen LogP contribution in [0.15, 0.2) is 12.2 Å². The maximum Gasteiger partial charge on any atom is 0.272 e. The van der Waals surface area contributed by atoms with Crippen LogP contribution in [0.2, 0.25) is 0 Å². The molecule has 0 aliphatic carbocycles. The van der Waals surface area contributed by atoms with E-state index < -0.39 is 5.92 Å². The van der Waals surface area contributed by atoms with Gasteiger partial charge in [-0.3, -0.25) is 9.69 Å². The van der Waals surface area contributed by atoms with Gasteiger partial charge in [0.05, 0.1) is 13.1 Å². The van der Waals surface area contributed by atoms with Gasteiger partial charge in [-0.05, 0) is 6.08 Å². The van der Waals surface area contributed by atoms with E-state index >= 15 is 0 Å². The highest BCUT2D eigenvalue weighted by Crippen LogP contribution is 2.25. The van der Waals surface area contributed by atoms with Crippen LogP contribution in [0.1, 0.15) is 13.3 Å². The Kier molecular flexibility index (Phi) is 3.14. The molecule has 0 unspecified atom stereocenters. The number of nitrogens with zero attached hydrogens (tertiary/aromatic N) is 1. The van der Waals surface area contributed by atoms with E-state index in [2.05, 4.69) is 0 Å². The summed E-state index contributed by atoms with van der Waals surface area (Å²) in [6, 6.07) is 0. The average molecular weight is 189 g/mol. The molecule has 0 aromatic rings. The quantitative estimate of drug-likeness (QED) is 0.624. The fraction of sp³-hybridized carbons (Fsp3) is 0.667. The number of hydrogen-bond donors (Lipinski definition) is 0. The Morgan fingerprint density at radius 1 is 1.54 bits per heavy atom. The fourth-order valence-electron chi connectivity index (χ4n) is 1.19. The molecule has 2 nitrogen and oxygen atoms in total. The zero-order valence-electron chi connectivity index (χ0n) is 7.59. The zero-order chi connectivity index (χ0) is 9.90. The number of ketones is 1. The van der Waals surface area contributed by atoms with Gasteiger partial charge in [-0.25, -0.2) is 8.78 Å². The number of carbonyl (C=O) groups excluding carboxylic acids is 1. The Labute approximate surface area is 76.2 Å². The summed E-state index contributed by atoms with van der Waals surface area (Å²) >= 11 is 0. The van der Waals surface area contributed by atoms with E-state index in [9.17, 15) is 13.6 Å². The highest BCUT2D eigenvalue weighted by Gasteiger charge is 2.42. The van der Waals surface area contributed by atoms with Gasteiger partial charge in [0.15, 0.2) is 5.78 Å². The van der Waals surface area contributed by atoms with Crippen molar-refractivity contribution in [2.24, 2.45) is 0 Å². The number of hydrogen-bond acceptors (Lipinski definition) is 2. The van der Waals surface area contributed by atoms with Crippen LogP contribution in [0.25, 0.3) is 0 Å².